The van der Waals surface area contributed by atoms with Crippen molar-refractivity contribution >= 4 is 27.5 Å². The molecule has 2 unspecified atom stereocenters. The molecule has 29 heavy (non-hydrogen) atoms. The van der Waals surface area contributed by atoms with Crippen LogP contribution in [-0.4, -0.2) is 48.1 Å². The number of nitrogens with zero attached hydrogens (tertiary/aromatic N) is 2. The van der Waals surface area contributed by atoms with Crippen molar-refractivity contribution in [3.05, 3.63) is 29.7 Å². The molecule has 1 amide bonds. The van der Waals surface area contributed by atoms with E-state index in [0.717, 1.165) is 5.56 Å². The van der Waals surface area contributed by atoms with Gasteiger partial charge in [0.1, 0.15) is 0 Å². The topological polar surface area (TPSA) is 121 Å². The number of benzene rings is 1. The fourth-order valence-corrected chi connectivity index (χ4v) is 5.82. The summed E-state index contributed by atoms with van der Waals surface area (Å²) in [6, 6.07) is 5.53. The Hall–Kier alpha value is -2.27. The van der Waals surface area contributed by atoms with Gasteiger partial charge in [-0.05, 0) is 37.0 Å². The number of nitrogens with one attached hydrogen (secondary N) is 1. The molecule has 0 saturated carbocycles. The largest absolute Gasteiger partial charge is 0.454 e. The Morgan fingerprint density at radius 2 is 2.14 bits per heavy atom. The summed E-state index contributed by atoms with van der Waals surface area (Å²) < 4.78 is 39.3. The van der Waals surface area contributed by atoms with Gasteiger partial charge in [0.2, 0.25) is 18.6 Å². The number of aromatic nitrogens is 2. The minimum atomic E-state index is -2.93. The molecule has 1 N–H and O–H groups in total. The molecule has 9 nitrogen and oxygen atoms in total. The number of carbonyl (C=O) groups excluding carboxylic acids is 1. The molecule has 156 valence electrons. The first-order valence-electron chi connectivity index (χ1n) is 9.24. The van der Waals surface area contributed by atoms with Crippen LogP contribution in [0.2, 0.25) is 0 Å². The molecule has 2 atom stereocenters. The van der Waals surface area contributed by atoms with Crippen molar-refractivity contribution in [3.63, 3.8) is 0 Å². The molecule has 0 aliphatic carbocycles. The van der Waals surface area contributed by atoms with E-state index in [1.165, 1.54) is 11.8 Å². The van der Waals surface area contributed by atoms with Crippen LogP contribution in [0.5, 0.6) is 11.5 Å². The van der Waals surface area contributed by atoms with Gasteiger partial charge < -0.3 is 19.2 Å². The summed E-state index contributed by atoms with van der Waals surface area (Å²) in [7, 11) is -2.93. The van der Waals surface area contributed by atoms with Crippen LogP contribution < -0.4 is 14.8 Å². The summed E-state index contributed by atoms with van der Waals surface area (Å²) >= 11 is 1.17. The van der Waals surface area contributed by atoms with Crippen LogP contribution in [0.3, 0.4) is 0 Å². The van der Waals surface area contributed by atoms with E-state index in [9.17, 15) is 13.2 Å². The van der Waals surface area contributed by atoms with Crippen LogP contribution >= 0.6 is 11.8 Å². The highest BCUT2D eigenvalue weighted by atomic mass is 32.2. The second kappa shape index (κ2) is 8.23. The summed E-state index contributed by atoms with van der Waals surface area (Å²) in [6.07, 6.45) is 1.06. The number of sulfone groups is 1. The smallest absolute Gasteiger partial charge is 0.277 e. The second-order valence-corrected chi connectivity index (χ2v) is 10.6. The quantitative estimate of drug-likeness (QED) is 0.641. The molecule has 11 heteroatoms. The number of ether oxygens (including phenoxy) is 2. The zero-order valence-electron chi connectivity index (χ0n) is 15.8. The maximum absolute atomic E-state index is 12.4. The van der Waals surface area contributed by atoms with Crippen molar-refractivity contribution < 1.29 is 27.1 Å². The summed E-state index contributed by atoms with van der Waals surface area (Å²) in [6.45, 7) is 2.33. The van der Waals surface area contributed by atoms with Crippen LogP contribution in [0.1, 0.15) is 24.8 Å². The van der Waals surface area contributed by atoms with Gasteiger partial charge in [0.05, 0.1) is 16.8 Å². The van der Waals surface area contributed by atoms with Crippen molar-refractivity contribution in [1.82, 2.24) is 15.5 Å². The van der Waals surface area contributed by atoms with Crippen molar-refractivity contribution in [1.29, 1.82) is 0 Å². The number of amides is 1. The predicted molar refractivity (Wildman–Crippen MR) is 104 cm³/mol. The van der Waals surface area contributed by atoms with Gasteiger partial charge in [-0.3, -0.25) is 4.79 Å². The Morgan fingerprint density at radius 1 is 1.31 bits per heavy atom. The van der Waals surface area contributed by atoms with Crippen LogP contribution in [0.25, 0.3) is 0 Å². The SMILES string of the molecule is CC(Sc1nnc(CC2CCS(=O)(=O)C2)o1)C(=O)NCc1ccc2c(c1)OCO2. The van der Waals surface area contributed by atoms with E-state index in [1.807, 2.05) is 18.2 Å². The maximum atomic E-state index is 12.4. The van der Waals surface area contributed by atoms with E-state index in [0.29, 0.717) is 42.0 Å². The zero-order chi connectivity index (χ0) is 20.4. The third kappa shape index (κ3) is 5.02. The molecule has 0 spiro atoms. The lowest BCUT2D eigenvalue weighted by molar-refractivity contribution is -0.120. The van der Waals surface area contributed by atoms with Gasteiger partial charge in [-0.25, -0.2) is 8.42 Å². The fraction of sp³-hybridized carbons (Fsp3) is 0.500. The molecule has 1 aromatic heterocycles. The van der Waals surface area contributed by atoms with Crippen molar-refractivity contribution in [2.75, 3.05) is 18.3 Å². The van der Waals surface area contributed by atoms with E-state index < -0.39 is 15.1 Å². The molecule has 3 heterocycles. The molecule has 2 aromatic rings. The molecule has 1 aromatic carbocycles. The van der Waals surface area contributed by atoms with Crippen LogP contribution in [0.15, 0.2) is 27.8 Å². The molecule has 1 fully saturated rings. The Morgan fingerprint density at radius 3 is 2.93 bits per heavy atom. The lowest BCUT2D eigenvalue weighted by Crippen LogP contribution is -2.30. The Bertz CT molecular complexity index is 1010. The first-order valence-corrected chi connectivity index (χ1v) is 11.9. The molecule has 2 aliphatic rings. The minimum Gasteiger partial charge on any atom is -0.454 e. The molecule has 1 saturated heterocycles. The summed E-state index contributed by atoms with van der Waals surface area (Å²) in [5.41, 5.74) is 0.909. The second-order valence-electron chi connectivity index (χ2n) is 7.10. The maximum Gasteiger partial charge on any atom is 0.277 e. The highest BCUT2D eigenvalue weighted by molar-refractivity contribution is 8.00. The number of hydrogen-bond acceptors (Lipinski definition) is 9. The minimum absolute atomic E-state index is 0.0146. The van der Waals surface area contributed by atoms with Gasteiger partial charge >= 0.3 is 0 Å². The number of hydrogen-bond donors (Lipinski definition) is 1. The Kier molecular flexibility index (Phi) is 5.68. The van der Waals surface area contributed by atoms with Crippen LogP contribution in [-0.2, 0) is 27.6 Å². The molecule has 0 bridgehead atoms. The highest BCUT2D eigenvalue weighted by Gasteiger charge is 2.29. The van der Waals surface area contributed by atoms with Crippen molar-refractivity contribution in [2.24, 2.45) is 5.92 Å². The third-order valence-electron chi connectivity index (χ3n) is 4.79. The fourth-order valence-electron chi connectivity index (χ4n) is 3.24. The standard InChI is InChI=1S/C18H21N3O6S2/c1-11(17(22)19-8-12-2-3-14-15(6-12)26-10-25-14)28-18-21-20-16(27-18)7-13-4-5-29(23,24)9-13/h2-3,6,11,13H,4-5,7-10H2,1H3,(H,19,22). The summed E-state index contributed by atoms with van der Waals surface area (Å²) in [5, 5.41) is 10.7. The van der Waals surface area contributed by atoms with Crippen LogP contribution in [0.4, 0.5) is 0 Å². The van der Waals surface area contributed by atoms with Gasteiger partial charge in [-0.1, -0.05) is 17.8 Å². The van der Waals surface area contributed by atoms with Crippen LogP contribution in [0, 0.1) is 5.92 Å². The monoisotopic (exact) mass is 439 g/mol. The molecule has 0 radical (unpaired) electrons. The molecular formula is C18H21N3O6S2. The third-order valence-corrected chi connectivity index (χ3v) is 7.56. The number of thioether (sulfide) groups is 1. The predicted octanol–water partition coefficient (Wildman–Crippen LogP) is 1.57. The average Bonchev–Trinajstić information content (AvgIpc) is 3.39. The summed E-state index contributed by atoms with van der Waals surface area (Å²) in [5.74, 6) is 2.02. The van der Waals surface area contributed by atoms with Gasteiger partial charge in [0.15, 0.2) is 21.3 Å². The highest BCUT2D eigenvalue weighted by Crippen LogP contribution is 2.32. The Labute approximate surface area is 172 Å². The number of carbonyl (C=O) groups is 1. The van der Waals surface area contributed by atoms with E-state index in [-0.39, 0.29) is 30.1 Å². The van der Waals surface area contributed by atoms with Gasteiger partial charge in [0, 0.05) is 13.0 Å². The van der Waals surface area contributed by atoms with Gasteiger partial charge in [-0.2, -0.15) is 0 Å². The van der Waals surface area contributed by atoms with E-state index >= 15 is 0 Å². The molecule has 2 aliphatic heterocycles. The molecule has 4 rings (SSSR count). The lowest BCUT2D eigenvalue weighted by atomic mass is 10.1. The van der Waals surface area contributed by atoms with Crippen molar-refractivity contribution in [2.45, 2.75) is 36.8 Å². The van der Waals surface area contributed by atoms with E-state index in [4.69, 9.17) is 13.9 Å². The first kappa shape index (κ1) is 20.0. The lowest BCUT2D eigenvalue weighted by Gasteiger charge is -2.10. The average molecular weight is 440 g/mol. The van der Waals surface area contributed by atoms with Crippen molar-refractivity contribution in [3.8, 4) is 11.5 Å². The normalized spacial score (nSPS) is 20.5. The van der Waals surface area contributed by atoms with Gasteiger partial charge in [0.25, 0.3) is 5.22 Å². The van der Waals surface area contributed by atoms with E-state index in [2.05, 4.69) is 15.5 Å². The van der Waals surface area contributed by atoms with Gasteiger partial charge in [-0.15, -0.1) is 10.2 Å². The summed E-state index contributed by atoms with van der Waals surface area (Å²) in [4.78, 5) is 12.4. The Balaban J connectivity index is 1.26. The number of fused-ring (bicyclic) bond motifs is 1. The van der Waals surface area contributed by atoms with E-state index in [1.54, 1.807) is 6.92 Å². The number of rotatable bonds is 7. The molecular weight excluding hydrogens is 418 g/mol. The zero-order valence-corrected chi connectivity index (χ0v) is 17.4. The first-order chi connectivity index (χ1) is 13.9.